The molecule has 0 aliphatic carbocycles. The Morgan fingerprint density at radius 1 is 1.37 bits per heavy atom. The molecule has 6 heteroatoms. The predicted molar refractivity (Wildman–Crippen MR) is 74.9 cm³/mol. The fourth-order valence-corrected chi connectivity index (χ4v) is 3.07. The van der Waals surface area contributed by atoms with Crippen molar-refractivity contribution in [1.29, 1.82) is 0 Å². The number of nitrogens with one attached hydrogen (secondary N) is 2. The van der Waals surface area contributed by atoms with Crippen molar-refractivity contribution in [3.63, 3.8) is 0 Å². The average Bonchev–Trinajstić information content (AvgIpc) is 3.11. The second-order valence-electron chi connectivity index (χ2n) is 4.60. The lowest BCUT2D eigenvalue weighted by atomic mass is 10.1. The first kappa shape index (κ1) is 14.0. The largest absolute Gasteiger partial charge is 0.351 e. The number of carbonyl (C=O) groups is 2. The van der Waals surface area contributed by atoms with Gasteiger partial charge in [0.25, 0.3) is 0 Å². The van der Waals surface area contributed by atoms with Gasteiger partial charge in [-0.3, -0.25) is 14.5 Å². The normalized spacial score (nSPS) is 17.1. The monoisotopic (exact) mass is 281 g/mol. The van der Waals surface area contributed by atoms with E-state index in [9.17, 15) is 9.59 Å². The van der Waals surface area contributed by atoms with E-state index >= 15 is 0 Å². The van der Waals surface area contributed by atoms with Crippen LogP contribution in [0.1, 0.15) is 24.4 Å². The molecule has 2 rings (SSSR count). The first-order chi connectivity index (χ1) is 9.22. The van der Waals surface area contributed by atoms with Crippen LogP contribution in [0.3, 0.4) is 0 Å². The van der Waals surface area contributed by atoms with Crippen molar-refractivity contribution in [1.82, 2.24) is 15.5 Å². The average molecular weight is 281 g/mol. The quantitative estimate of drug-likeness (QED) is 0.801. The van der Waals surface area contributed by atoms with E-state index in [1.807, 2.05) is 5.38 Å². The predicted octanol–water partition coefficient (Wildman–Crippen LogP) is 0.747. The van der Waals surface area contributed by atoms with Gasteiger partial charge in [0.1, 0.15) is 0 Å². The Labute approximate surface area is 117 Å². The van der Waals surface area contributed by atoms with Crippen LogP contribution in [0, 0.1) is 0 Å². The highest BCUT2D eigenvalue weighted by Gasteiger charge is 2.24. The number of nitrogens with zero attached hydrogens (tertiary/aromatic N) is 1. The fourth-order valence-electron chi connectivity index (χ4n) is 2.36. The van der Waals surface area contributed by atoms with Gasteiger partial charge in [0, 0.05) is 13.6 Å². The summed E-state index contributed by atoms with van der Waals surface area (Å²) >= 11 is 1.65. The molecule has 5 nitrogen and oxygen atoms in total. The minimum atomic E-state index is -0.592. The molecule has 0 bridgehead atoms. The van der Waals surface area contributed by atoms with Crippen LogP contribution in [-0.2, 0) is 9.59 Å². The summed E-state index contributed by atoms with van der Waals surface area (Å²) in [6.07, 6.45) is 2.40. The van der Waals surface area contributed by atoms with Crippen molar-refractivity contribution in [2.24, 2.45) is 0 Å². The summed E-state index contributed by atoms with van der Waals surface area (Å²) < 4.78 is 0. The third-order valence-corrected chi connectivity index (χ3v) is 4.10. The van der Waals surface area contributed by atoms with Crippen LogP contribution in [0.2, 0.25) is 0 Å². The van der Waals surface area contributed by atoms with Crippen LogP contribution in [0.15, 0.2) is 16.8 Å². The van der Waals surface area contributed by atoms with Gasteiger partial charge in [-0.15, -0.1) is 0 Å². The minimum absolute atomic E-state index is 0.169. The molecule has 1 aliphatic heterocycles. The van der Waals surface area contributed by atoms with Crippen LogP contribution >= 0.6 is 11.3 Å². The highest BCUT2D eigenvalue weighted by Crippen LogP contribution is 2.26. The molecule has 0 saturated carbocycles. The van der Waals surface area contributed by atoms with E-state index in [-0.39, 0.29) is 6.04 Å². The topological polar surface area (TPSA) is 61.4 Å². The molecule has 1 unspecified atom stereocenters. The Balaban J connectivity index is 1.98. The molecule has 0 radical (unpaired) electrons. The van der Waals surface area contributed by atoms with Gasteiger partial charge in [-0.05, 0) is 48.3 Å². The van der Waals surface area contributed by atoms with Crippen LogP contribution in [-0.4, -0.2) is 43.4 Å². The van der Waals surface area contributed by atoms with Gasteiger partial charge in [-0.25, -0.2) is 0 Å². The van der Waals surface area contributed by atoms with E-state index in [4.69, 9.17) is 0 Å². The molecule has 104 valence electrons. The zero-order chi connectivity index (χ0) is 13.7. The van der Waals surface area contributed by atoms with E-state index in [0.717, 1.165) is 13.1 Å². The number of hydrogen-bond donors (Lipinski definition) is 2. The summed E-state index contributed by atoms with van der Waals surface area (Å²) in [5.41, 5.74) is 1.21. The number of rotatable bonds is 4. The van der Waals surface area contributed by atoms with Gasteiger partial charge < -0.3 is 10.6 Å². The smallest absolute Gasteiger partial charge is 0.309 e. The lowest BCUT2D eigenvalue weighted by Crippen LogP contribution is -2.42. The van der Waals surface area contributed by atoms with Crippen molar-refractivity contribution in [2.45, 2.75) is 18.9 Å². The second-order valence-corrected chi connectivity index (χ2v) is 5.38. The molecular formula is C13H19N3O2S. The van der Waals surface area contributed by atoms with E-state index in [2.05, 4.69) is 27.0 Å². The zero-order valence-electron chi connectivity index (χ0n) is 11.0. The third-order valence-electron chi connectivity index (χ3n) is 3.40. The Morgan fingerprint density at radius 2 is 2.11 bits per heavy atom. The fraction of sp³-hybridized carbons (Fsp3) is 0.538. The summed E-state index contributed by atoms with van der Waals surface area (Å²) in [6, 6.07) is 2.25. The number of thiophene rings is 1. The number of likely N-dealkylation sites (N-methyl/N-ethyl adjacent to an activating group) is 1. The first-order valence-corrected chi connectivity index (χ1v) is 7.42. The van der Waals surface area contributed by atoms with Crippen LogP contribution < -0.4 is 10.6 Å². The molecule has 1 aromatic rings. The Hall–Kier alpha value is -1.40. The molecule has 2 N–H and O–H groups in total. The molecule has 2 amide bonds. The number of carbonyl (C=O) groups excluding carboxylic acids is 2. The molecule has 19 heavy (non-hydrogen) atoms. The Kier molecular flexibility index (Phi) is 4.93. The number of likely N-dealkylation sites (tertiary alicyclic amines) is 1. The maximum absolute atomic E-state index is 11.5. The van der Waals surface area contributed by atoms with Crippen LogP contribution in [0.4, 0.5) is 0 Å². The van der Waals surface area contributed by atoms with Crippen LogP contribution in [0.25, 0.3) is 0 Å². The maximum Gasteiger partial charge on any atom is 0.309 e. The summed E-state index contributed by atoms with van der Waals surface area (Å²) in [4.78, 5) is 25.1. The molecule has 1 saturated heterocycles. The summed E-state index contributed by atoms with van der Waals surface area (Å²) in [7, 11) is 1.46. The maximum atomic E-state index is 11.5. The molecule has 1 aromatic heterocycles. The Morgan fingerprint density at radius 3 is 2.68 bits per heavy atom. The molecule has 0 aromatic carbocycles. The molecular weight excluding hydrogens is 262 g/mol. The van der Waals surface area contributed by atoms with Crippen molar-refractivity contribution in [3.8, 4) is 0 Å². The van der Waals surface area contributed by atoms with Gasteiger partial charge >= 0.3 is 11.8 Å². The van der Waals surface area contributed by atoms with Gasteiger partial charge in [-0.1, -0.05) is 0 Å². The number of amides is 2. The summed E-state index contributed by atoms with van der Waals surface area (Å²) in [6.45, 7) is 2.58. The lowest BCUT2D eigenvalue weighted by molar-refractivity contribution is -0.139. The summed E-state index contributed by atoms with van der Waals surface area (Å²) in [5.74, 6) is -1.16. The zero-order valence-corrected chi connectivity index (χ0v) is 11.8. The first-order valence-electron chi connectivity index (χ1n) is 6.48. The molecule has 1 fully saturated rings. The second kappa shape index (κ2) is 6.68. The molecule has 0 spiro atoms. The third kappa shape index (κ3) is 3.54. The standard InChI is InChI=1S/C13H19N3O2S/c1-14-12(17)13(18)15-8-11(10-4-7-19-9-10)16-5-2-3-6-16/h4,7,9,11H,2-3,5-6,8H2,1H3,(H,14,17)(H,15,18). The molecule has 2 heterocycles. The van der Waals surface area contributed by atoms with E-state index < -0.39 is 11.8 Å². The van der Waals surface area contributed by atoms with Gasteiger partial charge in [0.15, 0.2) is 0 Å². The summed E-state index contributed by atoms with van der Waals surface area (Å²) in [5, 5.41) is 9.19. The minimum Gasteiger partial charge on any atom is -0.351 e. The van der Waals surface area contributed by atoms with Crippen molar-refractivity contribution < 1.29 is 9.59 Å². The highest BCUT2D eigenvalue weighted by molar-refractivity contribution is 7.07. The van der Waals surface area contributed by atoms with Gasteiger partial charge in [0.2, 0.25) is 0 Å². The lowest BCUT2D eigenvalue weighted by Gasteiger charge is -2.27. The van der Waals surface area contributed by atoms with Gasteiger partial charge in [0.05, 0.1) is 6.04 Å². The van der Waals surface area contributed by atoms with E-state index in [1.165, 1.54) is 25.5 Å². The van der Waals surface area contributed by atoms with Crippen molar-refractivity contribution >= 4 is 23.2 Å². The van der Waals surface area contributed by atoms with Gasteiger partial charge in [-0.2, -0.15) is 11.3 Å². The highest BCUT2D eigenvalue weighted by atomic mass is 32.1. The van der Waals surface area contributed by atoms with E-state index in [1.54, 1.807) is 11.3 Å². The molecule has 1 aliphatic rings. The van der Waals surface area contributed by atoms with E-state index in [0.29, 0.717) is 6.54 Å². The van der Waals surface area contributed by atoms with Crippen molar-refractivity contribution in [2.75, 3.05) is 26.7 Å². The van der Waals surface area contributed by atoms with Crippen LogP contribution in [0.5, 0.6) is 0 Å². The molecule has 1 atom stereocenters. The Bertz CT molecular complexity index is 427. The number of hydrogen-bond acceptors (Lipinski definition) is 4. The van der Waals surface area contributed by atoms with Crippen molar-refractivity contribution in [3.05, 3.63) is 22.4 Å². The SMILES string of the molecule is CNC(=O)C(=O)NCC(c1ccsc1)N1CCCC1.